The minimum atomic E-state index is 0.121. The molecular weight excluding hydrogens is 258 g/mol. The molecule has 0 aliphatic carbocycles. The van der Waals surface area contributed by atoms with Crippen LogP contribution in [0.4, 0.5) is 0 Å². The van der Waals surface area contributed by atoms with Crippen LogP contribution < -0.4 is 5.32 Å². The monoisotopic (exact) mass is 279 g/mol. The van der Waals surface area contributed by atoms with Crippen LogP contribution in [0.5, 0.6) is 0 Å². The maximum atomic E-state index is 12.1. The topological polar surface area (TPSA) is 29.1 Å². The minimum Gasteiger partial charge on any atom is -0.349 e. The third-order valence-electron chi connectivity index (χ3n) is 4.49. The predicted molar refractivity (Wildman–Crippen MR) is 85.2 cm³/mol. The van der Waals surface area contributed by atoms with Crippen LogP contribution in [-0.4, -0.2) is 5.91 Å². The second-order valence-corrected chi connectivity index (χ2v) is 6.01. The fraction of sp³-hybridized carbons (Fsp3) is 0.316. The summed E-state index contributed by atoms with van der Waals surface area (Å²) in [4.78, 5) is 12.1. The third kappa shape index (κ3) is 2.99. The summed E-state index contributed by atoms with van der Waals surface area (Å²) < 4.78 is 0. The molecule has 2 aromatic rings. The average Bonchev–Trinajstić information content (AvgIpc) is 2.50. The van der Waals surface area contributed by atoms with Crippen molar-refractivity contribution in [1.29, 1.82) is 0 Å². The molecule has 2 aromatic carbocycles. The van der Waals surface area contributed by atoms with Gasteiger partial charge in [-0.1, -0.05) is 48.5 Å². The van der Waals surface area contributed by atoms with E-state index >= 15 is 0 Å². The average molecular weight is 279 g/mol. The number of hydrogen-bond donors (Lipinski definition) is 1. The molecule has 0 radical (unpaired) electrons. The Hall–Kier alpha value is -2.09. The zero-order valence-electron chi connectivity index (χ0n) is 12.6. The van der Waals surface area contributed by atoms with E-state index in [1.807, 2.05) is 18.2 Å². The molecule has 2 atom stereocenters. The van der Waals surface area contributed by atoms with E-state index in [1.165, 1.54) is 22.3 Å². The van der Waals surface area contributed by atoms with Crippen LogP contribution in [0.25, 0.3) is 0 Å². The van der Waals surface area contributed by atoms with Gasteiger partial charge in [-0.05, 0) is 48.4 Å². The van der Waals surface area contributed by atoms with E-state index in [1.54, 1.807) is 0 Å². The highest BCUT2D eigenvalue weighted by atomic mass is 16.1. The molecule has 1 aliphatic heterocycles. The first-order valence-electron chi connectivity index (χ1n) is 7.55. The maximum absolute atomic E-state index is 12.1. The Labute approximate surface area is 126 Å². The van der Waals surface area contributed by atoms with Crippen molar-refractivity contribution in [3.05, 3.63) is 70.8 Å². The molecule has 1 saturated heterocycles. The Kier molecular flexibility index (Phi) is 3.78. The first-order chi connectivity index (χ1) is 10.1. The zero-order chi connectivity index (χ0) is 14.8. The van der Waals surface area contributed by atoms with E-state index in [2.05, 4.69) is 49.5 Å². The van der Waals surface area contributed by atoms with Crippen molar-refractivity contribution in [2.45, 2.75) is 38.6 Å². The summed E-state index contributed by atoms with van der Waals surface area (Å²) in [6.45, 7) is 4.24. The number of aryl methyl sites for hydroxylation is 2. The van der Waals surface area contributed by atoms with Crippen LogP contribution in [0.3, 0.4) is 0 Å². The number of hydrogen-bond acceptors (Lipinski definition) is 1. The van der Waals surface area contributed by atoms with E-state index in [9.17, 15) is 4.79 Å². The Morgan fingerprint density at radius 3 is 2.43 bits per heavy atom. The lowest BCUT2D eigenvalue weighted by Crippen LogP contribution is -2.36. The summed E-state index contributed by atoms with van der Waals surface area (Å²) in [6, 6.07) is 17.0. The van der Waals surface area contributed by atoms with Crippen molar-refractivity contribution in [2.75, 3.05) is 0 Å². The van der Waals surface area contributed by atoms with Gasteiger partial charge in [-0.2, -0.15) is 0 Å². The van der Waals surface area contributed by atoms with Gasteiger partial charge in [0.2, 0.25) is 5.91 Å². The smallest absolute Gasteiger partial charge is 0.221 e. The standard InChI is InChI=1S/C19H21NO/c1-13-8-9-16(10-14(13)2)18-11-17(12-19(21)20-18)15-6-4-3-5-7-15/h3-10,17-18H,11-12H2,1-2H3,(H,20,21). The Morgan fingerprint density at radius 2 is 1.71 bits per heavy atom. The highest BCUT2D eigenvalue weighted by Crippen LogP contribution is 2.34. The fourth-order valence-electron chi connectivity index (χ4n) is 3.08. The SMILES string of the molecule is Cc1ccc(C2CC(c3ccccc3)CC(=O)N2)cc1C. The molecule has 1 aliphatic rings. The van der Waals surface area contributed by atoms with Crippen LogP contribution >= 0.6 is 0 Å². The summed E-state index contributed by atoms with van der Waals surface area (Å²) in [7, 11) is 0. The minimum absolute atomic E-state index is 0.121. The highest BCUT2D eigenvalue weighted by Gasteiger charge is 2.28. The number of nitrogens with one attached hydrogen (secondary N) is 1. The number of rotatable bonds is 2. The summed E-state index contributed by atoms with van der Waals surface area (Å²) in [5.74, 6) is 0.463. The molecule has 1 N–H and O–H groups in total. The Balaban J connectivity index is 1.86. The normalized spacial score (nSPS) is 21.9. The van der Waals surface area contributed by atoms with E-state index in [-0.39, 0.29) is 11.9 Å². The van der Waals surface area contributed by atoms with Gasteiger partial charge in [0.1, 0.15) is 0 Å². The number of carbonyl (C=O) groups is 1. The van der Waals surface area contributed by atoms with Gasteiger partial charge in [0.05, 0.1) is 6.04 Å². The van der Waals surface area contributed by atoms with Crippen molar-refractivity contribution in [3.8, 4) is 0 Å². The van der Waals surface area contributed by atoms with E-state index in [4.69, 9.17) is 0 Å². The summed E-state index contributed by atoms with van der Waals surface area (Å²) in [5.41, 5.74) is 5.05. The maximum Gasteiger partial charge on any atom is 0.221 e. The van der Waals surface area contributed by atoms with Crippen LogP contribution in [0, 0.1) is 13.8 Å². The quantitative estimate of drug-likeness (QED) is 0.883. The van der Waals surface area contributed by atoms with Gasteiger partial charge in [0, 0.05) is 6.42 Å². The molecule has 2 unspecified atom stereocenters. The molecule has 1 heterocycles. The number of amides is 1. The van der Waals surface area contributed by atoms with Gasteiger partial charge in [-0.3, -0.25) is 4.79 Å². The first kappa shape index (κ1) is 13.9. The number of carbonyl (C=O) groups excluding carboxylic acids is 1. The van der Waals surface area contributed by atoms with E-state index in [0.717, 1.165) is 6.42 Å². The molecule has 0 spiro atoms. The van der Waals surface area contributed by atoms with Gasteiger partial charge in [-0.25, -0.2) is 0 Å². The van der Waals surface area contributed by atoms with E-state index < -0.39 is 0 Å². The van der Waals surface area contributed by atoms with Gasteiger partial charge >= 0.3 is 0 Å². The molecule has 0 bridgehead atoms. The Morgan fingerprint density at radius 1 is 0.952 bits per heavy atom. The van der Waals surface area contributed by atoms with E-state index in [0.29, 0.717) is 12.3 Å². The van der Waals surface area contributed by atoms with Crippen molar-refractivity contribution in [2.24, 2.45) is 0 Å². The lowest BCUT2D eigenvalue weighted by atomic mass is 9.83. The zero-order valence-corrected chi connectivity index (χ0v) is 12.6. The molecule has 1 amide bonds. The molecule has 0 saturated carbocycles. The second-order valence-electron chi connectivity index (χ2n) is 6.01. The molecule has 2 heteroatoms. The summed E-state index contributed by atoms with van der Waals surface area (Å²) >= 11 is 0. The number of benzene rings is 2. The third-order valence-corrected chi connectivity index (χ3v) is 4.49. The fourth-order valence-corrected chi connectivity index (χ4v) is 3.08. The summed E-state index contributed by atoms with van der Waals surface area (Å²) in [5, 5.41) is 3.14. The van der Waals surface area contributed by atoms with Crippen LogP contribution in [0.15, 0.2) is 48.5 Å². The van der Waals surface area contributed by atoms with Crippen molar-refractivity contribution in [3.63, 3.8) is 0 Å². The molecule has 2 nitrogen and oxygen atoms in total. The molecule has 3 rings (SSSR count). The molecule has 21 heavy (non-hydrogen) atoms. The first-order valence-corrected chi connectivity index (χ1v) is 7.55. The largest absolute Gasteiger partial charge is 0.349 e. The molecular formula is C19H21NO. The van der Waals surface area contributed by atoms with Crippen molar-refractivity contribution in [1.82, 2.24) is 5.32 Å². The number of piperidine rings is 1. The molecule has 0 aromatic heterocycles. The molecule has 108 valence electrons. The lowest BCUT2D eigenvalue weighted by Gasteiger charge is -2.30. The van der Waals surface area contributed by atoms with Crippen molar-refractivity contribution < 1.29 is 4.79 Å². The summed E-state index contributed by atoms with van der Waals surface area (Å²) in [6.07, 6.45) is 1.56. The predicted octanol–water partition coefficient (Wildman–Crippen LogP) is 4.04. The van der Waals surface area contributed by atoms with Crippen LogP contribution in [0.2, 0.25) is 0 Å². The van der Waals surface area contributed by atoms with Gasteiger partial charge < -0.3 is 5.32 Å². The highest BCUT2D eigenvalue weighted by molar-refractivity contribution is 5.78. The van der Waals surface area contributed by atoms with Crippen molar-refractivity contribution >= 4 is 5.91 Å². The lowest BCUT2D eigenvalue weighted by molar-refractivity contribution is -0.123. The van der Waals surface area contributed by atoms with Gasteiger partial charge in [-0.15, -0.1) is 0 Å². The van der Waals surface area contributed by atoms with Crippen LogP contribution in [0.1, 0.15) is 47.1 Å². The second kappa shape index (κ2) is 5.72. The van der Waals surface area contributed by atoms with Crippen LogP contribution in [-0.2, 0) is 4.79 Å². The molecule has 1 fully saturated rings. The van der Waals surface area contributed by atoms with Gasteiger partial charge in [0.25, 0.3) is 0 Å². The van der Waals surface area contributed by atoms with Gasteiger partial charge in [0.15, 0.2) is 0 Å². The Bertz CT molecular complexity index is 648.